The highest BCUT2D eigenvalue weighted by Crippen LogP contribution is 2.40. The Hall–Kier alpha value is -0.630. The predicted octanol–water partition coefficient (Wildman–Crippen LogP) is 2.47. The summed E-state index contributed by atoms with van der Waals surface area (Å²) in [7, 11) is -3.56. The topological polar surface area (TPSA) is 54.7 Å². The molecule has 2 aromatic rings. The Morgan fingerprint density at radius 2 is 2.00 bits per heavy atom. The lowest BCUT2D eigenvalue weighted by Gasteiger charge is -2.16. The molecule has 108 valence electrons. The van der Waals surface area contributed by atoms with Gasteiger partial charge < -0.3 is 0 Å². The van der Waals surface area contributed by atoms with Crippen molar-refractivity contribution in [2.75, 3.05) is 13.1 Å². The van der Waals surface area contributed by atoms with Gasteiger partial charge in [0.1, 0.15) is 0 Å². The Labute approximate surface area is 126 Å². The van der Waals surface area contributed by atoms with Crippen molar-refractivity contribution < 1.29 is 8.42 Å². The fourth-order valence-corrected chi connectivity index (χ4v) is 6.44. The molecule has 2 atom stereocenters. The van der Waals surface area contributed by atoms with Gasteiger partial charge >= 0.3 is 0 Å². The zero-order valence-corrected chi connectivity index (χ0v) is 13.1. The number of rotatable bonds is 2. The van der Waals surface area contributed by atoms with Crippen molar-refractivity contribution in [2.24, 2.45) is 11.8 Å². The first-order valence-corrected chi connectivity index (χ1v) is 9.38. The molecule has 0 aromatic carbocycles. The molecule has 2 fully saturated rings. The quantitative estimate of drug-likeness (QED) is 0.849. The van der Waals surface area contributed by atoms with E-state index in [0.29, 0.717) is 29.9 Å². The third kappa shape index (κ3) is 1.76. The third-order valence-electron chi connectivity index (χ3n) is 4.46. The molecule has 2 unspecified atom stereocenters. The molecule has 1 saturated carbocycles. The van der Waals surface area contributed by atoms with Crippen LogP contribution in [0.4, 0.5) is 0 Å². The van der Waals surface area contributed by atoms with E-state index in [2.05, 4.69) is 4.98 Å². The van der Waals surface area contributed by atoms with E-state index in [4.69, 9.17) is 11.6 Å². The van der Waals surface area contributed by atoms with Crippen LogP contribution in [0, 0.1) is 11.8 Å². The van der Waals surface area contributed by atoms with Crippen molar-refractivity contribution in [1.29, 1.82) is 0 Å². The number of aromatic nitrogens is 2. The number of hydrogen-bond donors (Lipinski definition) is 0. The average molecular weight is 332 g/mol. The van der Waals surface area contributed by atoms with E-state index in [9.17, 15) is 8.42 Å². The van der Waals surface area contributed by atoms with Gasteiger partial charge in [0.05, 0.1) is 0 Å². The second kappa shape index (κ2) is 4.43. The van der Waals surface area contributed by atoms with Crippen LogP contribution < -0.4 is 0 Å². The summed E-state index contributed by atoms with van der Waals surface area (Å²) in [5.74, 6) is 1.05. The van der Waals surface area contributed by atoms with Crippen molar-refractivity contribution in [3.63, 3.8) is 0 Å². The summed E-state index contributed by atoms with van der Waals surface area (Å²) in [4.78, 5) is 4.74. The number of halogens is 1. The van der Waals surface area contributed by atoms with Crippen LogP contribution in [-0.4, -0.2) is 35.2 Å². The van der Waals surface area contributed by atoms with Gasteiger partial charge in [-0.15, -0.1) is 11.3 Å². The summed E-state index contributed by atoms with van der Waals surface area (Å²) in [6.07, 6.45) is 5.23. The minimum absolute atomic E-state index is 0.0777. The number of nitrogens with zero attached hydrogens (tertiary/aromatic N) is 3. The summed E-state index contributed by atoms with van der Waals surface area (Å²) in [5, 5.41) is 2.01. The Kier molecular flexibility index (Phi) is 2.89. The monoisotopic (exact) mass is 331 g/mol. The van der Waals surface area contributed by atoms with E-state index in [1.165, 1.54) is 17.8 Å². The lowest BCUT2D eigenvalue weighted by Crippen LogP contribution is -2.30. The third-order valence-corrected chi connectivity index (χ3v) is 7.44. The number of thiazole rings is 1. The van der Waals surface area contributed by atoms with Crippen molar-refractivity contribution >= 4 is 37.9 Å². The largest absolute Gasteiger partial charge is 0.279 e. The Bertz CT molecular complexity index is 755. The molecule has 1 aliphatic carbocycles. The van der Waals surface area contributed by atoms with Crippen LogP contribution in [0.3, 0.4) is 0 Å². The van der Waals surface area contributed by atoms with Gasteiger partial charge in [-0.3, -0.25) is 4.40 Å². The van der Waals surface area contributed by atoms with Crippen molar-refractivity contribution in [3.8, 4) is 0 Å². The van der Waals surface area contributed by atoms with Crippen LogP contribution >= 0.6 is 22.9 Å². The highest BCUT2D eigenvalue weighted by Gasteiger charge is 2.43. The van der Waals surface area contributed by atoms with Gasteiger partial charge in [0.15, 0.2) is 15.1 Å². The predicted molar refractivity (Wildman–Crippen MR) is 77.7 cm³/mol. The number of fused-ring (bicyclic) bond motifs is 2. The van der Waals surface area contributed by atoms with Crippen LogP contribution in [0.25, 0.3) is 4.96 Å². The van der Waals surface area contributed by atoms with Crippen molar-refractivity contribution in [2.45, 2.75) is 24.3 Å². The van der Waals surface area contributed by atoms with Gasteiger partial charge in [-0.1, -0.05) is 18.0 Å². The molecule has 2 aromatic heterocycles. The molecule has 2 aliphatic rings. The van der Waals surface area contributed by atoms with Crippen LogP contribution in [0.1, 0.15) is 19.3 Å². The fourth-order valence-electron chi connectivity index (χ4n) is 3.48. The summed E-state index contributed by atoms with van der Waals surface area (Å²) in [6.45, 7) is 1.25. The van der Waals surface area contributed by atoms with Crippen molar-refractivity contribution in [3.05, 3.63) is 16.7 Å². The molecule has 3 heterocycles. The van der Waals surface area contributed by atoms with Crippen LogP contribution in [0.5, 0.6) is 0 Å². The van der Waals surface area contributed by atoms with Gasteiger partial charge in [0, 0.05) is 24.7 Å². The molecule has 1 aliphatic heterocycles. The fraction of sp³-hybridized carbons (Fsp3) is 0.583. The van der Waals surface area contributed by atoms with Crippen molar-refractivity contribution in [1.82, 2.24) is 13.7 Å². The smallest absolute Gasteiger partial charge is 0.262 e. The SMILES string of the molecule is O=S(=O)(c1c(Cl)nc2sccn12)N1CC2CCCC2C1. The highest BCUT2D eigenvalue weighted by atomic mass is 35.5. The molecular weight excluding hydrogens is 318 g/mol. The zero-order chi connectivity index (χ0) is 13.9. The summed E-state index contributed by atoms with van der Waals surface area (Å²) in [5.41, 5.74) is 0. The molecule has 0 N–H and O–H groups in total. The van der Waals surface area contributed by atoms with E-state index in [1.807, 2.05) is 5.38 Å². The summed E-state index contributed by atoms with van der Waals surface area (Å²) in [6, 6.07) is 0. The molecular formula is C12H14ClN3O2S2. The van der Waals surface area contributed by atoms with Gasteiger partial charge in [-0.2, -0.15) is 4.31 Å². The standard InChI is InChI=1S/C12H14ClN3O2S2/c13-10-11(16-4-5-19-12(16)14-10)20(17,18)15-6-8-2-1-3-9(8)7-15/h4-5,8-9H,1-3,6-7H2. The highest BCUT2D eigenvalue weighted by molar-refractivity contribution is 7.89. The summed E-state index contributed by atoms with van der Waals surface area (Å²) >= 11 is 7.44. The molecule has 0 spiro atoms. The Morgan fingerprint density at radius 3 is 2.70 bits per heavy atom. The van der Waals surface area contributed by atoms with E-state index < -0.39 is 10.0 Å². The first kappa shape index (κ1) is 13.1. The second-order valence-corrected chi connectivity index (χ2v) is 8.62. The molecule has 0 radical (unpaired) electrons. The maximum absolute atomic E-state index is 12.8. The van der Waals surface area contributed by atoms with Gasteiger partial charge in [-0.05, 0) is 24.7 Å². The van der Waals surface area contributed by atoms with E-state index >= 15 is 0 Å². The summed E-state index contributed by atoms with van der Waals surface area (Å²) < 4.78 is 28.9. The molecule has 4 rings (SSSR count). The number of hydrogen-bond acceptors (Lipinski definition) is 4. The minimum Gasteiger partial charge on any atom is -0.279 e. The van der Waals surface area contributed by atoms with E-state index in [0.717, 1.165) is 12.8 Å². The molecule has 20 heavy (non-hydrogen) atoms. The zero-order valence-electron chi connectivity index (χ0n) is 10.7. The van der Waals surface area contributed by atoms with Gasteiger partial charge in [0.2, 0.25) is 0 Å². The first-order chi connectivity index (χ1) is 9.57. The molecule has 1 saturated heterocycles. The average Bonchev–Trinajstić information content (AvgIpc) is 3.03. The molecule has 8 heteroatoms. The maximum Gasteiger partial charge on any atom is 0.262 e. The Balaban J connectivity index is 1.77. The number of imidazole rings is 1. The molecule has 0 bridgehead atoms. The molecule has 0 amide bonds. The van der Waals surface area contributed by atoms with Crippen LogP contribution in [0.2, 0.25) is 5.15 Å². The van der Waals surface area contributed by atoms with Gasteiger partial charge in [-0.25, -0.2) is 13.4 Å². The van der Waals surface area contributed by atoms with Crippen LogP contribution in [-0.2, 0) is 10.0 Å². The lowest BCUT2D eigenvalue weighted by atomic mass is 10.0. The number of sulfonamides is 1. The second-order valence-electron chi connectivity index (χ2n) is 5.54. The molecule has 5 nitrogen and oxygen atoms in total. The van der Waals surface area contributed by atoms with E-state index in [1.54, 1.807) is 14.9 Å². The normalized spacial score (nSPS) is 27.4. The van der Waals surface area contributed by atoms with E-state index in [-0.39, 0.29) is 10.2 Å². The Morgan fingerprint density at radius 1 is 1.30 bits per heavy atom. The van der Waals surface area contributed by atoms with Crippen LogP contribution in [0.15, 0.2) is 16.6 Å². The maximum atomic E-state index is 12.8. The minimum atomic E-state index is -3.56. The lowest BCUT2D eigenvalue weighted by molar-refractivity contribution is 0.442. The first-order valence-electron chi connectivity index (χ1n) is 6.68. The van der Waals surface area contributed by atoms with Gasteiger partial charge in [0.25, 0.3) is 10.0 Å².